The Bertz CT molecular complexity index is 1080. The third kappa shape index (κ3) is 3.99. The zero-order valence-corrected chi connectivity index (χ0v) is 23.5. The van der Waals surface area contributed by atoms with E-state index in [2.05, 4.69) is 0 Å². The number of hydrogen-bond donors (Lipinski definition) is 8. The molecule has 6 aliphatic rings. The normalized spacial score (nSPS) is 56.9. The van der Waals surface area contributed by atoms with Gasteiger partial charge in [0.25, 0.3) is 0 Å². The molecular formula is C29H44O12. The van der Waals surface area contributed by atoms with Crippen LogP contribution in [0.25, 0.3) is 0 Å². The fourth-order valence-electron chi connectivity index (χ4n) is 10.1. The van der Waals surface area contributed by atoms with E-state index in [1.165, 1.54) is 13.0 Å². The van der Waals surface area contributed by atoms with E-state index in [1.54, 1.807) is 0 Å². The molecule has 0 aromatic carbocycles. The molecule has 6 rings (SSSR count). The summed E-state index contributed by atoms with van der Waals surface area (Å²) >= 11 is 0. The molecule has 0 aromatic rings. The van der Waals surface area contributed by atoms with Gasteiger partial charge in [-0.25, -0.2) is 4.79 Å². The van der Waals surface area contributed by atoms with Crippen LogP contribution in [0.1, 0.15) is 58.8 Å². The maximum atomic E-state index is 12.4. The van der Waals surface area contributed by atoms with Crippen LogP contribution in [0.4, 0.5) is 0 Å². The Morgan fingerprint density at radius 1 is 1.02 bits per heavy atom. The molecule has 12 nitrogen and oxygen atoms in total. The van der Waals surface area contributed by atoms with E-state index >= 15 is 0 Å². The summed E-state index contributed by atoms with van der Waals surface area (Å²) in [4.78, 5) is 11.8. The number of rotatable bonds is 4. The van der Waals surface area contributed by atoms with Crippen molar-refractivity contribution in [1.82, 2.24) is 0 Å². The van der Waals surface area contributed by atoms with E-state index in [-0.39, 0.29) is 38.2 Å². The van der Waals surface area contributed by atoms with Gasteiger partial charge in [0, 0.05) is 30.3 Å². The van der Waals surface area contributed by atoms with Gasteiger partial charge in [0.05, 0.1) is 47.6 Å². The van der Waals surface area contributed by atoms with Crippen molar-refractivity contribution in [2.45, 2.75) is 119 Å². The largest absolute Gasteiger partial charge is 0.458 e. The zero-order valence-electron chi connectivity index (χ0n) is 23.5. The number of aliphatic hydroxyl groups is 8. The van der Waals surface area contributed by atoms with Crippen LogP contribution < -0.4 is 0 Å². The Balaban J connectivity index is 1.28. The summed E-state index contributed by atoms with van der Waals surface area (Å²) in [6.45, 7) is 3.00. The molecule has 15 atom stereocenters. The summed E-state index contributed by atoms with van der Waals surface area (Å²) in [5.41, 5.74) is -4.46. The van der Waals surface area contributed by atoms with Gasteiger partial charge in [-0.1, -0.05) is 6.92 Å². The van der Waals surface area contributed by atoms with Gasteiger partial charge in [-0.15, -0.1) is 0 Å². The molecular weight excluding hydrogens is 540 g/mol. The SMILES string of the molecule is C[C@@H]1O[C@@H](O[C@@H]2C[C@H](O)[C@]3(CO)[C@@H]4[C@@H](CC[C@]3(O)C2)[C@]2(O)CC[C@H](C3=CC(=O)OC3)[C@@]2(C)C[C@@H]4O)[C@@H](O)[C@@H](O)[C@@H]1O. The number of fused-ring (bicyclic) bond motifs is 5. The Labute approximate surface area is 238 Å². The molecule has 4 aliphatic carbocycles. The summed E-state index contributed by atoms with van der Waals surface area (Å²) in [6.07, 6.45) is -6.68. The van der Waals surface area contributed by atoms with E-state index in [0.717, 1.165) is 5.57 Å². The maximum absolute atomic E-state index is 12.4. The minimum absolute atomic E-state index is 0.0369. The minimum Gasteiger partial charge on any atom is -0.458 e. The Kier molecular flexibility index (Phi) is 7.22. The molecule has 5 fully saturated rings. The van der Waals surface area contributed by atoms with Gasteiger partial charge in [-0.05, 0) is 56.4 Å². The topological polar surface area (TPSA) is 207 Å². The van der Waals surface area contributed by atoms with Crippen LogP contribution in [0.2, 0.25) is 0 Å². The highest BCUT2D eigenvalue weighted by atomic mass is 16.7. The second-order valence-corrected chi connectivity index (χ2v) is 13.8. The molecule has 232 valence electrons. The molecule has 4 saturated carbocycles. The summed E-state index contributed by atoms with van der Waals surface area (Å²) in [5.74, 6) is -1.93. The third-order valence-corrected chi connectivity index (χ3v) is 12.2. The molecule has 0 aromatic heterocycles. The van der Waals surface area contributed by atoms with Crippen molar-refractivity contribution in [3.05, 3.63) is 11.6 Å². The lowest BCUT2D eigenvalue weighted by Crippen LogP contribution is -2.76. The molecule has 0 spiro atoms. The highest BCUT2D eigenvalue weighted by Gasteiger charge is 2.75. The van der Waals surface area contributed by atoms with Crippen molar-refractivity contribution in [3.63, 3.8) is 0 Å². The van der Waals surface area contributed by atoms with Crippen LogP contribution >= 0.6 is 0 Å². The van der Waals surface area contributed by atoms with Crippen LogP contribution in [0.3, 0.4) is 0 Å². The Morgan fingerprint density at radius 3 is 2.41 bits per heavy atom. The van der Waals surface area contributed by atoms with Crippen molar-refractivity contribution in [1.29, 1.82) is 0 Å². The first-order valence-corrected chi connectivity index (χ1v) is 14.9. The standard InChI is InChI=1S/C29H44O12/c1-13-22(34)23(35)24(36)25(40-13)41-15-8-19(32)28(12-30)21-17(3-5-27(28,37)9-15)29(38)6-4-16(14-7-20(33)39-11-14)26(29,2)10-18(21)31/h7,13,15-19,21-25,30-32,34-38H,3-6,8-12H2,1-2H3/t13-,15+,16+,17+,18-,19-,21+,22+,23-,24-,25-,26+,27-,28+,29+/m0/s1. The number of aliphatic hydroxyl groups excluding tert-OH is 6. The molecule has 1 saturated heterocycles. The van der Waals surface area contributed by atoms with Gasteiger partial charge >= 0.3 is 5.97 Å². The van der Waals surface area contributed by atoms with Gasteiger partial charge in [0.2, 0.25) is 0 Å². The smallest absolute Gasteiger partial charge is 0.331 e. The number of ether oxygens (including phenoxy) is 3. The molecule has 0 radical (unpaired) electrons. The van der Waals surface area contributed by atoms with E-state index in [9.17, 15) is 45.6 Å². The highest BCUT2D eigenvalue weighted by molar-refractivity contribution is 5.85. The molecule has 2 aliphatic heterocycles. The maximum Gasteiger partial charge on any atom is 0.331 e. The third-order valence-electron chi connectivity index (χ3n) is 12.2. The number of carbonyl (C=O) groups is 1. The molecule has 8 N–H and O–H groups in total. The number of carbonyl (C=O) groups excluding carboxylic acids is 1. The van der Waals surface area contributed by atoms with Crippen LogP contribution in [-0.4, -0.2) is 120 Å². The quantitative estimate of drug-likeness (QED) is 0.140. The number of cyclic esters (lactones) is 1. The minimum atomic E-state index is -1.67. The van der Waals surface area contributed by atoms with E-state index in [1.807, 2.05) is 6.92 Å². The summed E-state index contributed by atoms with van der Waals surface area (Å²) in [5, 5.41) is 89.6. The monoisotopic (exact) mass is 584 g/mol. The van der Waals surface area contributed by atoms with E-state index in [0.29, 0.717) is 19.3 Å². The van der Waals surface area contributed by atoms with Crippen LogP contribution in [0.15, 0.2) is 11.6 Å². The lowest BCUT2D eigenvalue weighted by molar-refractivity contribution is -0.342. The van der Waals surface area contributed by atoms with Gasteiger partial charge in [0.15, 0.2) is 6.29 Å². The Hall–Kier alpha value is -1.19. The Morgan fingerprint density at radius 2 is 1.76 bits per heavy atom. The fraction of sp³-hybridized carbons (Fsp3) is 0.897. The van der Waals surface area contributed by atoms with Crippen molar-refractivity contribution in [2.24, 2.45) is 28.6 Å². The molecule has 41 heavy (non-hydrogen) atoms. The lowest BCUT2D eigenvalue weighted by atomic mass is 9.40. The molecule has 0 amide bonds. The van der Waals surface area contributed by atoms with Crippen LogP contribution in [0, 0.1) is 28.6 Å². The fourth-order valence-corrected chi connectivity index (χ4v) is 10.1. The number of hydrogen-bond acceptors (Lipinski definition) is 12. The second-order valence-electron chi connectivity index (χ2n) is 13.8. The van der Waals surface area contributed by atoms with Crippen LogP contribution in [0.5, 0.6) is 0 Å². The van der Waals surface area contributed by atoms with Crippen LogP contribution in [-0.2, 0) is 19.0 Å². The van der Waals surface area contributed by atoms with Gasteiger partial charge in [0.1, 0.15) is 24.9 Å². The van der Waals surface area contributed by atoms with Crippen molar-refractivity contribution >= 4 is 5.97 Å². The van der Waals surface area contributed by atoms with Gasteiger partial charge in [-0.3, -0.25) is 0 Å². The first kappa shape index (κ1) is 29.9. The average Bonchev–Trinajstić information content (AvgIpc) is 3.45. The lowest BCUT2D eigenvalue weighted by Gasteiger charge is -2.68. The highest BCUT2D eigenvalue weighted by Crippen LogP contribution is 2.70. The summed E-state index contributed by atoms with van der Waals surface area (Å²) < 4.78 is 16.7. The van der Waals surface area contributed by atoms with Crippen molar-refractivity contribution in [3.8, 4) is 0 Å². The first-order chi connectivity index (χ1) is 19.2. The van der Waals surface area contributed by atoms with Crippen molar-refractivity contribution in [2.75, 3.05) is 13.2 Å². The first-order valence-electron chi connectivity index (χ1n) is 14.9. The summed E-state index contributed by atoms with van der Waals surface area (Å²) in [7, 11) is 0. The predicted molar refractivity (Wildman–Crippen MR) is 139 cm³/mol. The predicted octanol–water partition coefficient (Wildman–Crippen LogP) is -1.51. The molecule has 0 bridgehead atoms. The van der Waals surface area contributed by atoms with E-state index < -0.39 is 95.5 Å². The van der Waals surface area contributed by atoms with Gasteiger partial charge < -0.3 is 55.1 Å². The zero-order chi connectivity index (χ0) is 29.7. The summed E-state index contributed by atoms with van der Waals surface area (Å²) in [6, 6.07) is 0. The van der Waals surface area contributed by atoms with Gasteiger partial charge in [-0.2, -0.15) is 0 Å². The molecule has 0 unspecified atom stereocenters. The molecule has 12 heteroatoms. The van der Waals surface area contributed by atoms with E-state index in [4.69, 9.17) is 14.2 Å². The number of esters is 1. The second kappa shape index (κ2) is 9.91. The average molecular weight is 585 g/mol. The molecule has 2 heterocycles. The van der Waals surface area contributed by atoms with Crippen molar-refractivity contribution < 1.29 is 59.9 Å².